The van der Waals surface area contributed by atoms with Crippen LogP contribution in [0.3, 0.4) is 0 Å². The summed E-state index contributed by atoms with van der Waals surface area (Å²) in [6, 6.07) is 6.96. The molecule has 6 nitrogen and oxygen atoms in total. The zero-order valence-corrected chi connectivity index (χ0v) is 15.7. The summed E-state index contributed by atoms with van der Waals surface area (Å²) in [5.74, 6) is 0.00609. The summed E-state index contributed by atoms with van der Waals surface area (Å²) in [5, 5.41) is 0. The number of fused-ring (bicyclic) bond motifs is 1. The van der Waals surface area contributed by atoms with Crippen molar-refractivity contribution in [2.24, 2.45) is 5.92 Å². The molecule has 1 saturated heterocycles. The molecule has 0 aliphatic carbocycles. The van der Waals surface area contributed by atoms with Crippen molar-refractivity contribution >= 4 is 17.9 Å². The Labute approximate surface area is 154 Å². The molecule has 0 N–H and O–H groups in total. The second-order valence-corrected chi connectivity index (χ2v) is 8.01. The number of hydrogen-bond acceptors (Lipinski definition) is 4. The summed E-state index contributed by atoms with van der Waals surface area (Å²) in [6.07, 6.45) is 2.23. The lowest BCUT2D eigenvalue weighted by atomic mass is 9.93. The number of rotatable bonds is 3. The molecule has 0 spiro atoms. The van der Waals surface area contributed by atoms with Crippen LogP contribution >= 0.6 is 0 Å². The van der Waals surface area contributed by atoms with Crippen LogP contribution in [0.5, 0.6) is 0 Å². The minimum absolute atomic E-state index is 0.197. The Bertz CT molecular complexity index is 680. The first kappa shape index (κ1) is 18.4. The fourth-order valence-electron chi connectivity index (χ4n) is 3.48. The normalized spacial score (nSPS) is 18.3. The predicted octanol–water partition coefficient (Wildman–Crippen LogP) is 3.32. The largest absolute Gasteiger partial charge is 0.444 e. The average molecular weight is 358 g/mol. The van der Waals surface area contributed by atoms with Crippen LogP contribution in [0.15, 0.2) is 24.3 Å². The third-order valence-corrected chi connectivity index (χ3v) is 4.91. The summed E-state index contributed by atoms with van der Waals surface area (Å²) >= 11 is 0. The van der Waals surface area contributed by atoms with Gasteiger partial charge in [-0.3, -0.25) is 14.5 Å². The maximum atomic E-state index is 12.4. The molecule has 0 atom stereocenters. The topological polar surface area (TPSA) is 66.9 Å². The molecule has 0 bridgehead atoms. The Kier molecular flexibility index (Phi) is 5.03. The van der Waals surface area contributed by atoms with Gasteiger partial charge in [0.25, 0.3) is 11.8 Å². The first-order chi connectivity index (χ1) is 12.3. The molecule has 140 valence electrons. The number of ether oxygens (including phenoxy) is 1. The molecule has 2 aliphatic heterocycles. The molecule has 0 saturated carbocycles. The standard InChI is InChI=1S/C20H26N2O4/c1-20(2,3)26-19(25)21-11-8-14(9-12-21)10-13-22-17(23)15-6-4-5-7-16(15)18(22)24/h4-7,14H,8-13H2,1-3H3. The van der Waals surface area contributed by atoms with E-state index in [9.17, 15) is 14.4 Å². The van der Waals surface area contributed by atoms with Crippen molar-refractivity contribution < 1.29 is 19.1 Å². The Morgan fingerprint density at radius 1 is 1.08 bits per heavy atom. The summed E-state index contributed by atoms with van der Waals surface area (Å²) in [4.78, 5) is 40.0. The quantitative estimate of drug-likeness (QED) is 0.778. The summed E-state index contributed by atoms with van der Waals surface area (Å²) in [5.41, 5.74) is 0.508. The number of piperidine rings is 1. The van der Waals surface area contributed by atoms with Crippen molar-refractivity contribution in [1.29, 1.82) is 0 Å². The fourth-order valence-corrected chi connectivity index (χ4v) is 3.48. The highest BCUT2D eigenvalue weighted by atomic mass is 16.6. The van der Waals surface area contributed by atoms with Crippen LogP contribution in [-0.2, 0) is 4.74 Å². The van der Waals surface area contributed by atoms with Crippen LogP contribution in [0, 0.1) is 5.92 Å². The lowest BCUT2D eigenvalue weighted by Gasteiger charge is -2.33. The summed E-state index contributed by atoms with van der Waals surface area (Å²) in [7, 11) is 0. The zero-order chi connectivity index (χ0) is 18.9. The molecule has 0 unspecified atom stereocenters. The van der Waals surface area contributed by atoms with Crippen LogP contribution in [0.25, 0.3) is 0 Å². The molecule has 6 heteroatoms. The van der Waals surface area contributed by atoms with Gasteiger partial charge in [0.2, 0.25) is 0 Å². The fraction of sp³-hybridized carbons (Fsp3) is 0.550. The Balaban J connectivity index is 1.48. The molecule has 3 amide bonds. The number of carbonyl (C=O) groups excluding carboxylic acids is 3. The lowest BCUT2D eigenvalue weighted by molar-refractivity contribution is 0.0179. The highest BCUT2D eigenvalue weighted by molar-refractivity contribution is 6.21. The van der Waals surface area contributed by atoms with Gasteiger partial charge in [0.05, 0.1) is 11.1 Å². The van der Waals surface area contributed by atoms with Crippen LogP contribution in [0.1, 0.15) is 60.7 Å². The lowest BCUT2D eigenvalue weighted by Crippen LogP contribution is -2.42. The first-order valence-electron chi connectivity index (χ1n) is 9.19. The van der Waals surface area contributed by atoms with Gasteiger partial charge in [0.1, 0.15) is 5.60 Å². The summed E-state index contributed by atoms with van der Waals surface area (Å²) < 4.78 is 5.41. The number of imide groups is 1. The van der Waals surface area contributed by atoms with Crippen molar-refractivity contribution in [3.8, 4) is 0 Å². The van der Waals surface area contributed by atoms with Crippen LogP contribution in [-0.4, -0.2) is 52.9 Å². The van der Waals surface area contributed by atoms with Gasteiger partial charge in [0.15, 0.2) is 0 Å². The summed E-state index contributed by atoms with van der Waals surface area (Å²) in [6.45, 7) is 7.33. The van der Waals surface area contributed by atoms with E-state index in [1.807, 2.05) is 20.8 Å². The smallest absolute Gasteiger partial charge is 0.410 e. The Morgan fingerprint density at radius 3 is 2.12 bits per heavy atom. The molecular formula is C20H26N2O4. The Hall–Kier alpha value is -2.37. The van der Waals surface area contributed by atoms with Crippen LogP contribution < -0.4 is 0 Å². The predicted molar refractivity (Wildman–Crippen MR) is 97.0 cm³/mol. The molecule has 1 fully saturated rings. The van der Waals surface area contributed by atoms with Gasteiger partial charge in [-0.2, -0.15) is 0 Å². The van der Waals surface area contributed by atoms with Crippen molar-refractivity contribution in [2.75, 3.05) is 19.6 Å². The van der Waals surface area contributed by atoms with E-state index in [0.29, 0.717) is 36.7 Å². The number of benzene rings is 1. The minimum Gasteiger partial charge on any atom is -0.444 e. The van der Waals surface area contributed by atoms with Crippen molar-refractivity contribution in [1.82, 2.24) is 9.80 Å². The van der Waals surface area contributed by atoms with Crippen LogP contribution in [0.4, 0.5) is 4.79 Å². The van der Waals surface area contributed by atoms with Gasteiger partial charge in [-0.15, -0.1) is 0 Å². The monoisotopic (exact) mass is 358 g/mol. The van der Waals surface area contributed by atoms with Gasteiger partial charge in [-0.25, -0.2) is 4.79 Å². The van der Waals surface area contributed by atoms with Gasteiger partial charge in [-0.05, 0) is 58.1 Å². The molecule has 1 aromatic carbocycles. The second kappa shape index (κ2) is 7.09. The minimum atomic E-state index is -0.487. The number of amides is 3. The van der Waals surface area contributed by atoms with E-state index in [1.54, 1.807) is 29.2 Å². The van der Waals surface area contributed by atoms with Gasteiger partial charge >= 0.3 is 6.09 Å². The SMILES string of the molecule is CC(C)(C)OC(=O)N1CCC(CCN2C(=O)c3ccccc3C2=O)CC1. The third kappa shape index (κ3) is 3.89. The van der Waals surface area contributed by atoms with Gasteiger partial charge in [0, 0.05) is 19.6 Å². The average Bonchev–Trinajstić information content (AvgIpc) is 2.83. The second-order valence-electron chi connectivity index (χ2n) is 8.01. The molecule has 1 aromatic rings. The van der Waals surface area contributed by atoms with Crippen molar-refractivity contribution in [2.45, 2.75) is 45.6 Å². The molecule has 2 heterocycles. The number of hydrogen-bond donors (Lipinski definition) is 0. The highest BCUT2D eigenvalue weighted by Gasteiger charge is 2.35. The van der Waals surface area contributed by atoms with E-state index >= 15 is 0 Å². The van der Waals surface area contributed by atoms with Crippen LogP contribution in [0.2, 0.25) is 0 Å². The molecule has 0 radical (unpaired) electrons. The number of carbonyl (C=O) groups is 3. The van der Waals surface area contributed by atoms with E-state index in [-0.39, 0.29) is 17.9 Å². The highest BCUT2D eigenvalue weighted by Crippen LogP contribution is 2.26. The Morgan fingerprint density at radius 2 is 1.62 bits per heavy atom. The zero-order valence-electron chi connectivity index (χ0n) is 15.7. The molecular weight excluding hydrogens is 332 g/mol. The van der Waals surface area contributed by atoms with Gasteiger partial charge in [-0.1, -0.05) is 12.1 Å². The maximum absolute atomic E-state index is 12.4. The van der Waals surface area contributed by atoms with Crippen molar-refractivity contribution in [3.05, 3.63) is 35.4 Å². The third-order valence-electron chi connectivity index (χ3n) is 4.91. The molecule has 2 aliphatic rings. The first-order valence-corrected chi connectivity index (χ1v) is 9.19. The van der Waals surface area contributed by atoms with E-state index < -0.39 is 5.60 Å². The van der Waals surface area contributed by atoms with Gasteiger partial charge < -0.3 is 9.64 Å². The van der Waals surface area contributed by atoms with E-state index in [1.165, 1.54) is 4.90 Å². The molecule has 0 aromatic heterocycles. The van der Waals surface area contributed by atoms with E-state index in [4.69, 9.17) is 4.74 Å². The van der Waals surface area contributed by atoms with E-state index in [0.717, 1.165) is 19.3 Å². The number of likely N-dealkylation sites (tertiary alicyclic amines) is 1. The van der Waals surface area contributed by atoms with E-state index in [2.05, 4.69) is 0 Å². The maximum Gasteiger partial charge on any atom is 0.410 e. The molecule has 26 heavy (non-hydrogen) atoms. The van der Waals surface area contributed by atoms with Crippen molar-refractivity contribution in [3.63, 3.8) is 0 Å². The molecule has 3 rings (SSSR count). The number of nitrogens with zero attached hydrogens (tertiary/aromatic N) is 2.